The van der Waals surface area contributed by atoms with Crippen molar-refractivity contribution in [3.05, 3.63) is 63.6 Å². The highest BCUT2D eigenvalue weighted by molar-refractivity contribution is 6.40. The van der Waals surface area contributed by atoms with Crippen LogP contribution in [-0.4, -0.2) is 34.7 Å². The molecule has 2 aromatic carbocycles. The first-order valence-corrected chi connectivity index (χ1v) is 9.78. The fourth-order valence-electron chi connectivity index (χ4n) is 2.52. The topological polar surface area (TPSA) is 105 Å². The third-order valence-electron chi connectivity index (χ3n) is 3.83. The van der Waals surface area contributed by atoms with E-state index in [0.717, 1.165) is 0 Å². The number of rotatable bonds is 6. The van der Waals surface area contributed by atoms with Crippen molar-refractivity contribution in [2.75, 3.05) is 5.32 Å². The molecule has 1 atom stereocenters. The number of halogens is 2. The second-order valence-electron chi connectivity index (χ2n) is 7.49. The van der Waals surface area contributed by atoms with E-state index in [1.165, 1.54) is 0 Å². The first-order valence-electron chi connectivity index (χ1n) is 9.03. The van der Waals surface area contributed by atoms with Crippen molar-refractivity contribution in [1.82, 2.24) is 5.32 Å². The maximum Gasteiger partial charge on any atom is 0.408 e. The van der Waals surface area contributed by atoms with Crippen molar-refractivity contribution in [3.8, 4) is 0 Å². The van der Waals surface area contributed by atoms with Crippen LogP contribution in [0.15, 0.2) is 42.5 Å². The summed E-state index contributed by atoms with van der Waals surface area (Å²) in [6.45, 7) is 5.06. The lowest BCUT2D eigenvalue weighted by Gasteiger charge is -2.22. The highest BCUT2D eigenvalue weighted by Gasteiger charge is 2.24. The number of aliphatic carboxylic acids is 1. The summed E-state index contributed by atoms with van der Waals surface area (Å²) in [6.07, 6.45) is -0.769. The molecule has 0 saturated heterocycles. The molecule has 0 unspecified atom stereocenters. The van der Waals surface area contributed by atoms with Gasteiger partial charge in [-0.1, -0.05) is 41.4 Å². The number of nitrogens with one attached hydrogen (secondary N) is 2. The molecule has 2 aromatic rings. The van der Waals surface area contributed by atoms with Gasteiger partial charge in [0.15, 0.2) is 0 Å². The fraction of sp³-hybridized carbons (Fsp3) is 0.286. The second kappa shape index (κ2) is 9.82. The molecule has 7 nitrogen and oxygen atoms in total. The number of hydrogen-bond donors (Lipinski definition) is 3. The highest BCUT2D eigenvalue weighted by Crippen LogP contribution is 2.25. The summed E-state index contributed by atoms with van der Waals surface area (Å²) in [6, 6.07) is 10.1. The van der Waals surface area contributed by atoms with Crippen molar-refractivity contribution in [2.45, 2.75) is 38.8 Å². The number of carboxylic acid groups (broad SMARTS) is 1. The Hall–Kier alpha value is -2.77. The molecule has 3 N–H and O–H groups in total. The van der Waals surface area contributed by atoms with Crippen LogP contribution < -0.4 is 10.6 Å². The van der Waals surface area contributed by atoms with Crippen molar-refractivity contribution in [1.29, 1.82) is 0 Å². The van der Waals surface area contributed by atoms with E-state index in [-0.39, 0.29) is 22.0 Å². The van der Waals surface area contributed by atoms with Crippen LogP contribution in [0, 0.1) is 0 Å². The minimum atomic E-state index is -1.19. The third kappa shape index (κ3) is 6.93. The van der Waals surface area contributed by atoms with Gasteiger partial charge in [0.25, 0.3) is 5.91 Å². The number of carboxylic acids is 1. The van der Waals surface area contributed by atoms with Crippen molar-refractivity contribution in [2.24, 2.45) is 0 Å². The average molecular weight is 453 g/mol. The van der Waals surface area contributed by atoms with Gasteiger partial charge in [0.2, 0.25) is 0 Å². The van der Waals surface area contributed by atoms with Gasteiger partial charge in [0, 0.05) is 12.1 Å². The zero-order valence-corrected chi connectivity index (χ0v) is 18.2. The summed E-state index contributed by atoms with van der Waals surface area (Å²) in [7, 11) is 0. The van der Waals surface area contributed by atoms with Gasteiger partial charge < -0.3 is 20.5 Å². The molecule has 0 fully saturated rings. The Balaban J connectivity index is 2.04. The average Bonchev–Trinajstić information content (AvgIpc) is 2.61. The van der Waals surface area contributed by atoms with Gasteiger partial charge in [-0.25, -0.2) is 9.59 Å². The van der Waals surface area contributed by atoms with Crippen LogP contribution >= 0.6 is 23.2 Å². The van der Waals surface area contributed by atoms with Crippen molar-refractivity contribution >= 4 is 46.9 Å². The summed E-state index contributed by atoms with van der Waals surface area (Å²) in [4.78, 5) is 35.8. The molecule has 160 valence electrons. The van der Waals surface area contributed by atoms with Crippen LogP contribution in [0.25, 0.3) is 0 Å². The van der Waals surface area contributed by atoms with Crippen LogP contribution in [0.5, 0.6) is 0 Å². The predicted octanol–water partition coefficient (Wildman–Crippen LogP) is 4.77. The molecule has 9 heteroatoms. The SMILES string of the molecule is CC(C)(C)OC(=O)N[C@@H](Cc1ccc(NC(=O)c2c(Cl)cccc2Cl)cc1)C(=O)O. The van der Waals surface area contributed by atoms with Crippen molar-refractivity contribution < 1.29 is 24.2 Å². The maximum absolute atomic E-state index is 12.4. The minimum Gasteiger partial charge on any atom is -0.480 e. The number of anilines is 1. The summed E-state index contributed by atoms with van der Waals surface area (Å²) >= 11 is 12.1. The molecule has 0 aliphatic rings. The number of benzene rings is 2. The standard InChI is InChI=1S/C21H22Cl2N2O5/c1-21(2,3)30-20(29)25-16(19(27)28)11-12-7-9-13(10-8-12)24-18(26)17-14(22)5-4-6-15(17)23/h4-10,16H,11H2,1-3H3,(H,24,26)(H,25,29)(H,27,28)/t16-/m0/s1. The molecular weight excluding hydrogens is 431 g/mol. The molecule has 30 heavy (non-hydrogen) atoms. The molecule has 0 radical (unpaired) electrons. The molecule has 0 spiro atoms. The van der Waals surface area contributed by atoms with Gasteiger partial charge in [-0.05, 0) is 50.6 Å². The first kappa shape index (κ1) is 23.5. The first-order chi connectivity index (χ1) is 14.0. The number of carbonyl (C=O) groups is 3. The van der Waals surface area contributed by atoms with E-state index in [1.54, 1.807) is 63.2 Å². The van der Waals surface area contributed by atoms with Crippen molar-refractivity contribution in [3.63, 3.8) is 0 Å². The Bertz CT molecular complexity index is 919. The van der Waals surface area contributed by atoms with Gasteiger partial charge in [-0.3, -0.25) is 4.79 Å². The minimum absolute atomic E-state index is 0.0408. The van der Waals surface area contributed by atoms with E-state index in [1.807, 2.05) is 0 Å². The third-order valence-corrected chi connectivity index (χ3v) is 4.46. The summed E-state index contributed by atoms with van der Waals surface area (Å²) in [5, 5.41) is 14.9. The monoisotopic (exact) mass is 452 g/mol. The Morgan fingerprint density at radius 2 is 1.60 bits per heavy atom. The zero-order chi connectivity index (χ0) is 22.5. The van der Waals surface area contributed by atoms with Gasteiger partial charge in [-0.15, -0.1) is 0 Å². The molecule has 0 bridgehead atoms. The Morgan fingerprint density at radius 3 is 2.10 bits per heavy atom. The quantitative estimate of drug-likeness (QED) is 0.585. The molecule has 0 aromatic heterocycles. The number of carbonyl (C=O) groups excluding carboxylic acids is 2. The molecule has 0 aliphatic heterocycles. The molecular formula is C21H22Cl2N2O5. The Morgan fingerprint density at radius 1 is 1.03 bits per heavy atom. The zero-order valence-electron chi connectivity index (χ0n) is 16.7. The summed E-state index contributed by atoms with van der Waals surface area (Å²) in [5.74, 6) is -1.65. The molecule has 2 rings (SSSR count). The van der Waals surface area contributed by atoms with Crippen LogP contribution in [0.3, 0.4) is 0 Å². The predicted molar refractivity (Wildman–Crippen MR) is 115 cm³/mol. The van der Waals surface area contributed by atoms with Gasteiger partial charge in [-0.2, -0.15) is 0 Å². The van der Waals surface area contributed by atoms with Crippen LogP contribution in [0.1, 0.15) is 36.7 Å². The Kier molecular flexibility index (Phi) is 7.70. The van der Waals surface area contributed by atoms with E-state index < -0.39 is 29.6 Å². The number of ether oxygens (including phenoxy) is 1. The molecule has 0 aliphatic carbocycles. The van der Waals surface area contributed by atoms with E-state index in [2.05, 4.69) is 10.6 Å². The van der Waals surface area contributed by atoms with E-state index >= 15 is 0 Å². The largest absolute Gasteiger partial charge is 0.480 e. The van der Waals surface area contributed by atoms with Gasteiger partial charge >= 0.3 is 12.1 Å². The smallest absolute Gasteiger partial charge is 0.408 e. The van der Waals surface area contributed by atoms with Crippen LogP contribution in [-0.2, 0) is 16.0 Å². The van der Waals surface area contributed by atoms with E-state index in [9.17, 15) is 19.5 Å². The Labute approximate surface area is 184 Å². The van der Waals surface area contributed by atoms with E-state index in [0.29, 0.717) is 11.3 Å². The highest BCUT2D eigenvalue weighted by atomic mass is 35.5. The molecule has 2 amide bonds. The fourth-order valence-corrected chi connectivity index (χ4v) is 3.09. The second-order valence-corrected chi connectivity index (χ2v) is 8.30. The summed E-state index contributed by atoms with van der Waals surface area (Å²) in [5.41, 5.74) is 0.550. The lowest BCUT2D eigenvalue weighted by Crippen LogP contribution is -2.44. The number of amides is 2. The number of alkyl carbamates (subject to hydrolysis) is 1. The molecule has 0 heterocycles. The van der Waals surface area contributed by atoms with Gasteiger partial charge in [0.05, 0.1) is 15.6 Å². The van der Waals surface area contributed by atoms with E-state index in [4.69, 9.17) is 27.9 Å². The lowest BCUT2D eigenvalue weighted by molar-refractivity contribution is -0.139. The number of hydrogen-bond acceptors (Lipinski definition) is 4. The maximum atomic E-state index is 12.4. The summed E-state index contributed by atoms with van der Waals surface area (Å²) < 4.78 is 5.10. The lowest BCUT2D eigenvalue weighted by atomic mass is 10.1. The van der Waals surface area contributed by atoms with Crippen LogP contribution in [0.2, 0.25) is 10.0 Å². The molecule has 0 saturated carbocycles. The van der Waals surface area contributed by atoms with Gasteiger partial charge in [0.1, 0.15) is 11.6 Å². The normalized spacial score (nSPS) is 12.0. The van der Waals surface area contributed by atoms with Crippen LogP contribution in [0.4, 0.5) is 10.5 Å².